The molecule has 1 atom stereocenters. The van der Waals surface area contributed by atoms with Gasteiger partial charge in [-0.1, -0.05) is 37.8 Å². The van der Waals surface area contributed by atoms with Crippen LogP contribution in [0.5, 0.6) is 0 Å². The third kappa shape index (κ3) is 7.37. The maximum absolute atomic E-state index is 8.97. The summed E-state index contributed by atoms with van der Waals surface area (Å²) < 4.78 is 0. The van der Waals surface area contributed by atoms with Crippen molar-refractivity contribution in [2.24, 2.45) is 0 Å². The SMILES string of the molecule is C#C[C@H](O)C/C=C\CCCCC. The van der Waals surface area contributed by atoms with Gasteiger partial charge in [0.15, 0.2) is 0 Å². The van der Waals surface area contributed by atoms with Gasteiger partial charge in [0.25, 0.3) is 0 Å². The highest BCUT2D eigenvalue weighted by Gasteiger charge is 1.91. The van der Waals surface area contributed by atoms with Crippen LogP contribution in [0.25, 0.3) is 0 Å². The largest absolute Gasteiger partial charge is 0.380 e. The Hall–Kier alpha value is -0.740. The molecule has 0 saturated carbocycles. The molecule has 1 nitrogen and oxygen atoms in total. The summed E-state index contributed by atoms with van der Waals surface area (Å²) in [6.45, 7) is 2.19. The maximum atomic E-state index is 8.97. The molecule has 0 aromatic rings. The predicted molar refractivity (Wildman–Crippen MR) is 52.7 cm³/mol. The number of hydrogen-bond acceptors (Lipinski definition) is 1. The lowest BCUT2D eigenvalue weighted by Gasteiger charge is -1.96. The van der Waals surface area contributed by atoms with Crippen LogP contribution >= 0.6 is 0 Å². The van der Waals surface area contributed by atoms with Crippen molar-refractivity contribution in [1.29, 1.82) is 0 Å². The Morgan fingerprint density at radius 1 is 1.42 bits per heavy atom. The standard InChI is InChI=1S/C11H18O/c1-3-5-6-7-8-9-10-11(12)4-2/h2,8-9,11-12H,3,5-7,10H2,1H3/b9-8-/t11-/m0/s1. The van der Waals surface area contributed by atoms with Gasteiger partial charge in [0, 0.05) is 6.42 Å². The van der Waals surface area contributed by atoms with Crippen molar-refractivity contribution in [3.8, 4) is 12.3 Å². The molecule has 68 valence electrons. The van der Waals surface area contributed by atoms with Gasteiger partial charge in [-0.05, 0) is 12.8 Å². The van der Waals surface area contributed by atoms with Gasteiger partial charge in [0.1, 0.15) is 6.10 Å². The Bertz CT molecular complexity index is 153. The molecule has 0 aliphatic heterocycles. The van der Waals surface area contributed by atoms with Crippen LogP contribution in [0.2, 0.25) is 0 Å². The van der Waals surface area contributed by atoms with Crippen LogP contribution in [0.1, 0.15) is 39.0 Å². The lowest BCUT2D eigenvalue weighted by molar-refractivity contribution is 0.236. The summed E-state index contributed by atoms with van der Waals surface area (Å²) in [4.78, 5) is 0. The summed E-state index contributed by atoms with van der Waals surface area (Å²) in [6.07, 6.45) is 13.9. The van der Waals surface area contributed by atoms with Crippen molar-refractivity contribution >= 4 is 0 Å². The molecule has 12 heavy (non-hydrogen) atoms. The van der Waals surface area contributed by atoms with Crippen LogP contribution < -0.4 is 0 Å². The molecule has 0 unspecified atom stereocenters. The molecule has 0 fully saturated rings. The molecule has 0 heterocycles. The van der Waals surface area contributed by atoms with Crippen molar-refractivity contribution in [2.75, 3.05) is 0 Å². The first-order chi connectivity index (χ1) is 5.81. The molecular weight excluding hydrogens is 148 g/mol. The summed E-state index contributed by atoms with van der Waals surface area (Å²) in [5.41, 5.74) is 0. The third-order valence-corrected chi connectivity index (χ3v) is 1.69. The normalized spacial score (nSPS) is 13.1. The summed E-state index contributed by atoms with van der Waals surface area (Å²) in [5, 5.41) is 8.97. The van der Waals surface area contributed by atoms with Crippen molar-refractivity contribution < 1.29 is 5.11 Å². The fourth-order valence-electron chi connectivity index (χ4n) is 0.923. The van der Waals surface area contributed by atoms with Crippen LogP contribution in [-0.2, 0) is 0 Å². The molecule has 0 saturated heterocycles. The van der Waals surface area contributed by atoms with Crippen LogP contribution in [0.15, 0.2) is 12.2 Å². The highest BCUT2D eigenvalue weighted by atomic mass is 16.3. The average Bonchev–Trinajstić information content (AvgIpc) is 2.10. The average molecular weight is 166 g/mol. The van der Waals surface area contributed by atoms with Gasteiger partial charge in [0.2, 0.25) is 0 Å². The zero-order valence-corrected chi connectivity index (χ0v) is 7.79. The number of rotatable bonds is 6. The molecule has 0 aromatic carbocycles. The number of allylic oxidation sites excluding steroid dienone is 1. The predicted octanol–water partition coefficient (Wildman–Crippen LogP) is 2.51. The lowest BCUT2D eigenvalue weighted by Crippen LogP contribution is -1.98. The van der Waals surface area contributed by atoms with E-state index in [0.717, 1.165) is 6.42 Å². The Morgan fingerprint density at radius 2 is 2.17 bits per heavy atom. The Morgan fingerprint density at radius 3 is 2.75 bits per heavy atom. The van der Waals surface area contributed by atoms with Gasteiger partial charge in [-0.3, -0.25) is 0 Å². The molecule has 0 bridgehead atoms. The second-order valence-electron chi connectivity index (χ2n) is 2.89. The Kier molecular flexibility index (Phi) is 7.84. The summed E-state index contributed by atoms with van der Waals surface area (Å²) >= 11 is 0. The number of aliphatic hydroxyl groups is 1. The topological polar surface area (TPSA) is 20.2 Å². The number of hydrogen-bond donors (Lipinski definition) is 1. The first-order valence-electron chi connectivity index (χ1n) is 4.60. The second kappa shape index (κ2) is 8.36. The quantitative estimate of drug-likeness (QED) is 0.365. The zero-order chi connectivity index (χ0) is 9.23. The highest BCUT2D eigenvalue weighted by molar-refractivity contribution is 4.98. The molecule has 0 spiro atoms. The van der Waals surface area contributed by atoms with Gasteiger partial charge in [0.05, 0.1) is 0 Å². The van der Waals surface area contributed by atoms with E-state index in [9.17, 15) is 0 Å². The van der Waals surface area contributed by atoms with E-state index in [2.05, 4.69) is 18.9 Å². The first kappa shape index (κ1) is 11.3. The van der Waals surface area contributed by atoms with E-state index >= 15 is 0 Å². The lowest BCUT2D eigenvalue weighted by atomic mass is 10.2. The van der Waals surface area contributed by atoms with E-state index in [1.54, 1.807) is 0 Å². The van der Waals surface area contributed by atoms with Crippen LogP contribution in [0, 0.1) is 12.3 Å². The summed E-state index contributed by atoms with van der Waals surface area (Å²) in [6, 6.07) is 0. The molecule has 0 amide bonds. The zero-order valence-electron chi connectivity index (χ0n) is 7.79. The molecule has 0 aliphatic rings. The second-order valence-corrected chi connectivity index (χ2v) is 2.89. The summed E-state index contributed by atoms with van der Waals surface area (Å²) in [5.74, 6) is 2.27. The molecule has 1 heteroatoms. The Balaban J connectivity index is 3.21. The van der Waals surface area contributed by atoms with Crippen molar-refractivity contribution in [3.05, 3.63) is 12.2 Å². The van der Waals surface area contributed by atoms with Gasteiger partial charge >= 0.3 is 0 Å². The molecule has 0 rings (SSSR count). The maximum Gasteiger partial charge on any atom is 0.117 e. The number of terminal acetylenes is 1. The first-order valence-corrected chi connectivity index (χ1v) is 4.60. The number of aliphatic hydroxyl groups excluding tert-OH is 1. The van der Waals surface area contributed by atoms with Gasteiger partial charge < -0.3 is 5.11 Å². The highest BCUT2D eigenvalue weighted by Crippen LogP contribution is 2.00. The van der Waals surface area contributed by atoms with E-state index in [0.29, 0.717) is 6.42 Å². The van der Waals surface area contributed by atoms with E-state index in [1.807, 2.05) is 6.08 Å². The van der Waals surface area contributed by atoms with Gasteiger partial charge in [-0.15, -0.1) is 6.42 Å². The van der Waals surface area contributed by atoms with Gasteiger partial charge in [-0.25, -0.2) is 0 Å². The summed E-state index contributed by atoms with van der Waals surface area (Å²) in [7, 11) is 0. The molecule has 0 aliphatic carbocycles. The van der Waals surface area contributed by atoms with E-state index in [-0.39, 0.29) is 0 Å². The van der Waals surface area contributed by atoms with Crippen molar-refractivity contribution in [2.45, 2.75) is 45.1 Å². The minimum atomic E-state index is -0.604. The molecule has 1 N–H and O–H groups in total. The molecule has 0 radical (unpaired) electrons. The monoisotopic (exact) mass is 166 g/mol. The minimum Gasteiger partial charge on any atom is -0.380 e. The van der Waals surface area contributed by atoms with E-state index < -0.39 is 6.10 Å². The van der Waals surface area contributed by atoms with Crippen LogP contribution in [-0.4, -0.2) is 11.2 Å². The third-order valence-electron chi connectivity index (χ3n) is 1.69. The minimum absolute atomic E-state index is 0.586. The Labute approximate surface area is 75.5 Å². The van der Waals surface area contributed by atoms with Crippen molar-refractivity contribution in [3.63, 3.8) is 0 Å². The fraction of sp³-hybridized carbons (Fsp3) is 0.636. The van der Waals surface area contributed by atoms with Crippen LogP contribution in [0.4, 0.5) is 0 Å². The van der Waals surface area contributed by atoms with Crippen LogP contribution in [0.3, 0.4) is 0 Å². The van der Waals surface area contributed by atoms with Gasteiger partial charge in [-0.2, -0.15) is 0 Å². The number of unbranched alkanes of at least 4 members (excludes halogenated alkanes) is 3. The molecule has 0 aromatic heterocycles. The molecular formula is C11H18O. The fourth-order valence-corrected chi connectivity index (χ4v) is 0.923. The van der Waals surface area contributed by atoms with Crippen molar-refractivity contribution in [1.82, 2.24) is 0 Å². The smallest absolute Gasteiger partial charge is 0.117 e. The van der Waals surface area contributed by atoms with E-state index in [4.69, 9.17) is 11.5 Å². The van der Waals surface area contributed by atoms with E-state index in [1.165, 1.54) is 19.3 Å².